The lowest BCUT2D eigenvalue weighted by molar-refractivity contribution is -0.170. The summed E-state index contributed by atoms with van der Waals surface area (Å²) < 4.78 is 10.3. The molecule has 39 heavy (non-hydrogen) atoms. The predicted octanol–water partition coefficient (Wildman–Crippen LogP) is 5.46. The van der Waals surface area contributed by atoms with Gasteiger partial charge in [0.1, 0.15) is 0 Å². The van der Waals surface area contributed by atoms with E-state index >= 15 is 0 Å². The normalized spacial score (nSPS) is 30.9. The van der Waals surface area contributed by atoms with E-state index in [1.807, 2.05) is 31.2 Å². The molecular formula is C33H22O6. The summed E-state index contributed by atoms with van der Waals surface area (Å²) in [6.45, 7) is 6.36. The molecule has 4 unspecified atom stereocenters. The van der Waals surface area contributed by atoms with E-state index in [9.17, 15) is 19.2 Å². The topological polar surface area (TPSA) is 86.7 Å². The smallest absolute Gasteiger partial charge is 0.346 e. The first-order valence-electron chi connectivity index (χ1n) is 13.3. The summed E-state index contributed by atoms with van der Waals surface area (Å²) in [5, 5.41) is 3.73. The highest BCUT2D eigenvalue weighted by Gasteiger charge is 2.56. The third-order valence-electron chi connectivity index (χ3n) is 10.6. The van der Waals surface area contributed by atoms with Crippen LogP contribution < -0.4 is 0 Å². The number of rotatable bonds is 0. The SMILES string of the molecule is CC12CC(C(=O)OC1=O)c1ccc3c4c(ccc2c14)C1(C)CC3(C)c2ccc3c4c(ccc1c24)C(=O)OC3=O. The predicted molar refractivity (Wildman–Crippen MR) is 141 cm³/mol. The maximum absolute atomic E-state index is 13.1. The summed E-state index contributed by atoms with van der Waals surface area (Å²) in [4.78, 5) is 51.5. The number of ether oxygens (including phenoxy) is 2. The van der Waals surface area contributed by atoms with Crippen molar-refractivity contribution in [2.45, 2.75) is 55.8 Å². The molecule has 4 atom stereocenters. The lowest BCUT2D eigenvalue weighted by Gasteiger charge is -2.52. The highest BCUT2D eigenvalue weighted by atomic mass is 16.6. The minimum atomic E-state index is -0.892. The van der Waals surface area contributed by atoms with Gasteiger partial charge in [-0.3, -0.25) is 9.59 Å². The van der Waals surface area contributed by atoms with Crippen molar-refractivity contribution < 1.29 is 28.7 Å². The second kappa shape index (κ2) is 6.12. The van der Waals surface area contributed by atoms with Crippen molar-refractivity contribution in [3.63, 3.8) is 0 Å². The molecule has 6 heteroatoms. The summed E-state index contributed by atoms with van der Waals surface area (Å²) in [7, 11) is 0. The van der Waals surface area contributed by atoms with Gasteiger partial charge in [0.2, 0.25) is 0 Å². The Balaban J connectivity index is 1.46. The molecule has 0 aromatic heterocycles. The van der Waals surface area contributed by atoms with E-state index in [0.29, 0.717) is 22.9 Å². The molecule has 2 aliphatic heterocycles. The van der Waals surface area contributed by atoms with Crippen LogP contribution in [0.15, 0.2) is 48.5 Å². The first-order valence-corrected chi connectivity index (χ1v) is 13.3. The first-order chi connectivity index (χ1) is 18.6. The van der Waals surface area contributed by atoms with Crippen LogP contribution in [0.5, 0.6) is 0 Å². The van der Waals surface area contributed by atoms with Gasteiger partial charge in [-0.1, -0.05) is 50.2 Å². The van der Waals surface area contributed by atoms with Crippen molar-refractivity contribution in [2.24, 2.45) is 0 Å². The van der Waals surface area contributed by atoms with Crippen LogP contribution in [0.3, 0.4) is 0 Å². The Hall–Kier alpha value is -4.32. The van der Waals surface area contributed by atoms with E-state index in [-0.39, 0.29) is 0 Å². The number of cyclic esters (lactones) is 4. The fourth-order valence-electron chi connectivity index (χ4n) is 8.83. The van der Waals surface area contributed by atoms with E-state index in [0.717, 1.165) is 56.0 Å². The van der Waals surface area contributed by atoms with Crippen molar-refractivity contribution in [3.8, 4) is 0 Å². The number of carbonyl (C=O) groups is 4. The quantitative estimate of drug-likeness (QED) is 0.229. The molecule has 4 bridgehead atoms. The number of fused-ring (bicyclic) bond motifs is 10. The van der Waals surface area contributed by atoms with Gasteiger partial charge >= 0.3 is 23.9 Å². The van der Waals surface area contributed by atoms with Crippen molar-refractivity contribution in [3.05, 3.63) is 93.0 Å². The molecule has 4 aromatic carbocycles. The molecule has 0 saturated carbocycles. The average Bonchev–Trinajstić information content (AvgIpc) is 2.90. The second-order valence-corrected chi connectivity index (χ2v) is 12.5. The van der Waals surface area contributed by atoms with Gasteiger partial charge in [0.15, 0.2) is 0 Å². The minimum Gasteiger partial charge on any atom is -0.392 e. The summed E-state index contributed by atoms with van der Waals surface area (Å²) >= 11 is 0. The maximum Gasteiger partial charge on any atom is 0.346 e. The largest absolute Gasteiger partial charge is 0.392 e. The Bertz CT molecular complexity index is 1930. The zero-order chi connectivity index (χ0) is 26.8. The average molecular weight is 515 g/mol. The van der Waals surface area contributed by atoms with Crippen LogP contribution in [-0.4, -0.2) is 23.9 Å². The van der Waals surface area contributed by atoms with Gasteiger partial charge in [-0.15, -0.1) is 0 Å². The Morgan fingerprint density at radius 1 is 0.590 bits per heavy atom. The number of carbonyl (C=O) groups excluding carboxylic acids is 4. The molecule has 0 radical (unpaired) electrons. The fraction of sp³-hybridized carbons (Fsp3) is 0.273. The monoisotopic (exact) mass is 514 g/mol. The van der Waals surface area contributed by atoms with E-state index in [1.54, 1.807) is 12.1 Å². The molecule has 2 heterocycles. The number of hydrogen-bond donors (Lipinski definition) is 0. The van der Waals surface area contributed by atoms with E-state index < -0.39 is 46.0 Å². The molecule has 9 rings (SSSR count). The van der Waals surface area contributed by atoms with Crippen LogP contribution in [0.25, 0.3) is 21.5 Å². The van der Waals surface area contributed by atoms with Gasteiger partial charge in [-0.05, 0) is 81.4 Å². The lowest BCUT2D eigenvalue weighted by Crippen LogP contribution is -2.48. The third kappa shape index (κ3) is 2.11. The van der Waals surface area contributed by atoms with Crippen molar-refractivity contribution >= 4 is 45.4 Å². The zero-order valence-corrected chi connectivity index (χ0v) is 21.6. The molecule has 1 fully saturated rings. The van der Waals surface area contributed by atoms with Crippen molar-refractivity contribution in [1.29, 1.82) is 0 Å². The van der Waals surface area contributed by atoms with Gasteiger partial charge < -0.3 is 9.47 Å². The van der Waals surface area contributed by atoms with E-state index in [1.165, 1.54) is 0 Å². The number of esters is 4. The summed E-state index contributed by atoms with van der Waals surface area (Å²) in [5.74, 6) is -2.67. The van der Waals surface area contributed by atoms with Crippen LogP contribution in [0.4, 0.5) is 0 Å². The van der Waals surface area contributed by atoms with Crippen molar-refractivity contribution in [2.75, 3.05) is 0 Å². The van der Waals surface area contributed by atoms with Crippen LogP contribution in [0.1, 0.15) is 93.6 Å². The number of benzene rings is 4. The molecule has 4 aromatic rings. The molecule has 0 spiro atoms. The molecule has 0 amide bonds. The summed E-state index contributed by atoms with van der Waals surface area (Å²) in [5.41, 5.74) is 5.31. The highest BCUT2D eigenvalue weighted by Crippen LogP contribution is 2.63. The van der Waals surface area contributed by atoms with Crippen LogP contribution in [-0.2, 0) is 35.3 Å². The molecular weight excluding hydrogens is 492 g/mol. The first kappa shape index (κ1) is 21.6. The Labute approximate surface area is 222 Å². The third-order valence-corrected chi connectivity index (χ3v) is 10.6. The Morgan fingerprint density at radius 3 is 1.67 bits per heavy atom. The van der Waals surface area contributed by atoms with Gasteiger partial charge in [0.05, 0.1) is 22.5 Å². The minimum absolute atomic E-state index is 0.415. The molecule has 6 nitrogen and oxygen atoms in total. The lowest BCUT2D eigenvalue weighted by atomic mass is 9.50. The zero-order valence-electron chi connectivity index (χ0n) is 21.6. The molecule has 3 aliphatic carbocycles. The number of hydrogen-bond acceptors (Lipinski definition) is 6. The van der Waals surface area contributed by atoms with E-state index in [2.05, 4.69) is 26.0 Å². The van der Waals surface area contributed by atoms with Gasteiger partial charge in [-0.25, -0.2) is 9.59 Å². The molecule has 1 saturated heterocycles. The van der Waals surface area contributed by atoms with Gasteiger partial charge in [0, 0.05) is 16.2 Å². The summed E-state index contributed by atoms with van der Waals surface area (Å²) in [6.07, 6.45) is 1.22. The Kier molecular flexibility index (Phi) is 3.39. The molecule has 0 N–H and O–H groups in total. The maximum atomic E-state index is 13.1. The Morgan fingerprint density at radius 2 is 1.08 bits per heavy atom. The van der Waals surface area contributed by atoms with Crippen LogP contribution in [0.2, 0.25) is 0 Å². The highest BCUT2D eigenvalue weighted by molar-refractivity contribution is 6.22. The molecule has 5 aliphatic rings. The summed E-state index contributed by atoms with van der Waals surface area (Å²) in [6, 6.07) is 16.0. The van der Waals surface area contributed by atoms with Gasteiger partial charge in [-0.2, -0.15) is 0 Å². The standard InChI is InChI=1S/C33H22O6/c1-31-12-17(29(36)39-30(31)37)14-4-7-21-26-22(11-10-18(31)24(14)26)33(3)13-32(21,2)19-8-5-15-23-16(28(35)38-27(15)34)6-9-20(33)25(19)23/h4-11,17H,12-13H2,1-3H3. The van der Waals surface area contributed by atoms with E-state index in [4.69, 9.17) is 9.47 Å². The van der Waals surface area contributed by atoms with Gasteiger partial charge in [0.25, 0.3) is 0 Å². The fourth-order valence-corrected chi connectivity index (χ4v) is 8.83. The second-order valence-electron chi connectivity index (χ2n) is 12.5. The van der Waals surface area contributed by atoms with Crippen LogP contribution in [0, 0.1) is 0 Å². The molecule has 190 valence electrons. The van der Waals surface area contributed by atoms with Crippen LogP contribution >= 0.6 is 0 Å². The van der Waals surface area contributed by atoms with Crippen molar-refractivity contribution in [1.82, 2.24) is 0 Å².